The number of carbonyl (C=O) groups excluding carboxylic acids is 1. The van der Waals surface area contributed by atoms with Gasteiger partial charge in [-0.1, -0.05) is 13.8 Å². The maximum atomic E-state index is 11.7. The molecule has 6 nitrogen and oxygen atoms in total. The van der Waals surface area contributed by atoms with E-state index in [1.54, 1.807) is 17.8 Å². The zero-order chi connectivity index (χ0) is 13.5. The summed E-state index contributed by atoms with van der Waals surface area (Å²) in [6, 6.07) is 0. The molecule has 1 rings (SSSR count). The van der Waals surface area contributed by atoms with E-state index in [1.165, 1.54) is 6.20 Å². The van der Waals surface area contributed by atoms with Crippen LogP contribution in [0.1, 0.15) is 37.0 Å². The molecular weight excluding hydrogens is 234 g/mol. The molecule has 18 heavy (non-hydrogen) atoms. The predicted molar refractivity (Wildman–Crippen MR) is 66.3 cm³/mol. The zero-order valence-electron chi connectivity index (χ0n) is 10.7. The van der Waals surface area contributed by atoms with E-state index < -0.39 is 5.97 Å². The van der Waals surface area contributed by atoms with Crippen LogP contribution in [0.4, 0.5) is 0 Å². The van der Waals surface area contributed by atoms with Crippen LogP contribution in [0, 0.1) is 5.92 Å². The summed E-state index contributed by atoms with van der Waals surface area (Å²) in [5.41, 5.74) is 0.506. The molecule has 0 fully saturated rings. The average molecular weight is 253 g/mol. The van der Waals surface area contributed by atoms with Crippen molar-refractivity contribution in [2.24, 2.45) is 5.92 Å². The lowest BCUT2D eigenvalue weighted by Crippen LogP contribution is -2.29. The predicted octanol–water partition coefficient (Wildman–Crippen LogP) is 1.13. The van der Waals surface area contributed by atoms with Crippen LogP contribution in [-0.4, -0.2) is 33.3 Å². The van der Waals surface area contributed by atoms with Crippen molar-refractivity contribution in [1.29, 1.82) is 0 Å². The van der Waals surface area contributed by atoms with Crippen LogP contribution in [0.5, 0.6) is 0 Å². The Morgan fingerprint density at radius 3 is 2.89 bits per heavy atom. The Labute approximate surface area is 106 Å². The minimum absolute atomic E-state index is 0.0510. The van der Waals surface area contributed by atoms with Crippen molar-refractivity contribution in [3.63, 3.8) is 0 Å². The van der Waals surface area contributed by atoms with E-state index in [2.05, 4.69) is 10.4 Å². The second kappa shape index (κ2) is 6.78. The molecule has 0 aromatic carbocycles. The maximum Gasteiger partial charge on any atom is 0.303 e. The van der Waals surface area contributed by atoms with Gasteiger partial charge in [0.1, 0.15) is 0 Å². The number of nitrogens with one attached hydrogen (secondary N) is 1. The molecule has 0 aliphatic heterocycles. The molecule has 0 saturated carbocycles. The second-order valence-electron chi connectivity index (χ2n) is 4.41. The molecule has 0 aliphatic carbocycles. The molecule has 0 spiro atoms. The molecule has 0 bridgehead atoms. The summed E-state index contributed by atoms with van der Waals surface area (Å²) in [6.07, 6.45) is 4.22. The van der Waals surface area contributed by atoms with Gasteiger partial charge in [0.15, 0.2) is 0 Å². The molecule has 0 radical (unpaired) electrons. The zero-order valence-corrected chi connectivity index (χ0v) is 10.7. The van der Waals surface area contributed by atoms with E-state index in [9.17, 15) is 9.59 Å². The van der Waals surface area contributed by atoms with E-state index in [0.717, 1.165) is 13.0 Å². The Bertz CT molecular complexity index is 414. The molecule has 1 aromatic rings. The number of carboxylic acids is 1. The van der Waals surface area contributed by atoms with Crippen LogP contribution in [0.15, 0.2) is 12.4 Å². The molecule has 100 valence electrons. The fourth-order valence-electron chi connectivity index (χ4n) is 1.57. The Balaban J connectivity index is 2.42. The summed E-state index contributed by atoms with van der Waals surface area (Å²) in [4.78, 5) is 22.2. The van der Waals surface area contributed by atoms with Gasteiger partial charge < -0.3 is 10.4 Å². The molecule has 1 heterocycles. The highest BCUT2D eigenvalue weighted by atomic mass is 16.4. The lowest BCUT2D eigenvalue weighted by atomic mass is 10.1. The lowest BCUT2D eigenvalue weighted by Gasteiger charge is -2.09. The molecule has 1 atom stereocenters. The summed E-state index contributed by atoms with van der Waals surface area (Å²) in [7, 11) is 0. The number of hydrogen-bond acceptors (Lipinski definition) is 3. The van der Waals surface area contributed by atoms with Gasteiger partial charge >= 0.3 is 5.97 Å². The third kappa shape index (κ3) is 4.57. The van der Waals surface area contributed by atoms with Crippen molar-refractivity contribution >= 4 is 11.9 Å². The number of rotatable bonds is 7. The van der Waals surface area contributed by atoms with Gasteiger partial charge in [-0.25, -0.2) is 0 Å². The molecule has 1 unspecified atom stereocenters. The van der Waals surface area contributed by atoms with Gasteiger partial charge in [0.2, 0.25) is 0 Å². The quantitative estimate of drug-likeness (QED) is 0.763. The van der Waals surface area contributed by atoms with Gasteiger partial charge in [0.05, 0.1) is 11.8 Å². The van der Waals surface area contributed by atoms with Crippen molar-refractivity contribution in [2.45, 2.75) is 33.2 Å². The van der Waals surface area contributed by atoms with Crippen LogP contribution >= 0.6 is 0 Å². The minimum Gasteiger partial charge on any atom is -0.481 e. The highest BCUT2D eigenvalue weighted by Gasteiger charge is 2.12. The Kier molecular flexibility index (Phi) is 5.35. The third-order valence-corrected chi connectivity index (χ3v) is 2.48. The first kappa shape index (κ1) is 14.2. The number of aliphatic carboxylic acids is 1. The first-order valence-electron chi connectivity index (χ1n) is 6.05. The number of aromatic nitrogens is 2. The first-order valence-corrected chi connectivity index (χ1v) is 6.05. The van der Waals surface area contributed by atoms with Crippen molar-refractivity contribution in [3.8, 4) is 0 Å². The van der Waals surface area contributed by atoms with Gasteiger partial charge in [-0.15, -0.1) is 0 Å². The fourth-order valence-corrected chi connectivity index (χ4v) is 1.57. The number of carboxylic acid groups (broad SMARTS) is 1. The molecular formula is C12H19N3O3. The summed E-state index contributed by atoms with van der Waals surface area (Å²) in [5.74, 6) is -1.15. The minimum atomic E-state index is -0.854. The highest BCUT2D eigenvalue weighted by Crippen LogP contribution is 2.02. The average Bonchev–Trinajstić information content (AvgIpc) is 2.74. The van der Waals surface area contributed by atoms with Crippen LogP contribution in [0.25, 0.3) is 0 Å². The van der Waals surface area contributed by atoms with Crippen molar-refractivity contribution in [1.82, 2.24) is 15.1 Å². The Morgan fingerprint density at radius 1 is 1.56 bits per heavy atom. The number of hydrogen-bond donors (Lipinski definition) is 2. The maximum absolute atomic E-state index is 11.7. The van der Waals surface area contributed by atoms with E-state index in [4.69, 9.17) is 5.11 Å². The summed E-state index contributed by atoms with van der Waals surface area (Å²) >= 11 is 0. The van der Waals surface area contributed by atoms with Gasteiger partial charge in [-0.3, -0.25) is 14.3 Å². The Morgan fingerprint density at radius 2 is 2.28 bits per heavy atom. The van der Waals surface area contributed by atoms with E-state index >= 15 is 0 Å². The standard InChI is InChI=1S/C12H19N3O3/c1-3-4-15-8-10(7-14-15)12(18)13-6-9(2)5-11(16)17/h7-9H,3-6H2,1-2H3,(H,13,18)(H,16,17). The lowest BCUT2D eigenvalue weighted by molar-refractivity contribution is -0.137. The van der Waals surface area contributed by atoms with E-state index in [0.29, 0.717) is 12.1 Å². The van der Waals surface area contributed by atoms with Crippen molar-refractivity contribution < 1.29 is 14.7 Å². The number of amides is 1. The van der Waals surface area contributed by atoms with Gasteiger partial charge in [-0.05, 0) is 12.3 Å². The molecule has 0 saturated heterocycles. The van der Waals surface area contributed by atoms with Crippen LogP contribution < -0.4 is 5.32 Å². The van der Waals surface area contributed by atoms with Crippen molar-refractivity contribution in [3.05, 3.63) is 18.0 Å². The summed E-state index contributed by atoms with van der Waals surface area (Å²) in [5, 5.41) is 15.4. The van der Waals surface area contributed by atoms with E-state index in [1.807, 2.05) is 6.92 Å². The molecule has 1 amide bonds. The van der Waals surface area contributed by atoms with Crippen LogP contribution in [0.3, 0.4) is 0 Å². The summed E-state index contributed by atoms with van der Waals surface area (Å²) < 4.78 is 1.72. The topological polar surface area (TPSA) is 84.2 Å². The van der Waals surface area contributed by atoms with Crippen LogP contribution in [0.2, 0.25) is 0 Å². The van der Waals surface area contributed by atoms with Gasteiger partial charge in [0, 0.05) is 25.7 Å². The van der Waals surface area contributed by atoms with Crippen LogP contribution in [-0.2, 0) is 11.3 Å². The van der Waals surface area contributed by atoms with E-state index in [-0.39, 0.29) is 18.2 Å². The normalized spacial score (nSPS) is 12.1. The smallest absolute Gasteiger partial charge is 0.303 e. The molecule has 6 heteroatoms. The SMILES string of the molecule is CCCn1cc(C(=O)NCC(C)CC(=O)O)cn1. The van der Waals surface area contributed by atoms with Crippen molar-refractivity contribution in [2.75, 3.05) is 6.54 Å². The largest absolute Gasteiger partial charge is 0.481 e. The van der Waals surface area contributed by atoms with Gasteiger partial charge in [0.25, 0.3) is 5.91 Å². The number of aryl methyl sites for hydroxylation is 1. The molecule has 0 aliphatic rings. The highest BCUT2D eigenvalue weighted by molar-refractivity contribution is 5.93. The fraction of sp³-hybridized carbons (Fsp3) is 0.583. The second-order valence-corrected chi connectivity index (χ2v) is 4.41. The molecule has 1 aromatic heterocycles. The Hall–Kier alpha value is -1.85. The number of carbonyl (C=O) groups is 2. The molecule has 2 N–H and O–H groups in total. The summed E-state index contributed by atoms with van der Waals surface area (Å²) in [6.45, 7) is 4.96. The number of nitrogens with zero attached hydrogens (tertiary/aromatic N) is 2. The van der Waals surface area contributed by atoms with Gasteiger partial charge in [-0.2, -0.15) is 5.10 Å². The first-order chi connectivity index (χ1) is 8.52. The third-order valence-electron chi connectivity index (χ3n) is 2.48. The monoisotopic (exact) mass is 253 g/mol.